The maximum absolute atomic E-state index is 12.1. The molecule has 2 atom stereocenters. The van der Waals surface area contributed by atoms with Crippen LogP contribution in [0.4, 0.5) is 0 Å². The molecule has 0 unspecified atom stereocenters. The van der Waals surface area contributed by atoms with E-state index in [4.69, 9.17) is 4.42 Å². The van der Waals surface area contributed by atoms with Crippen molar-refractivity contribution in [2.24, 2.45) is 5.92 Å². The molecule has 0 radical (unpaired) electrons. The number of hydrogen-bond donors (Lipinski definition) is 2. The van der Waals surface area contributed by atoms with Gasteiger partial charge >= 0.3 is 5.97 Å². The average molecular weight is 310 g/mol. The van der Waals surface area contributed by atoms with Crippen LogP contribution >= 0.6 is 0 Å². The number of methoxy groups -OCH3 is 1. The summed E-state index contributed by atoms with van der Waals surface area (Å²) in [4.78, 5) is 35.6. The van der Waals surface area contributed by atoms with E-state index in [0.29, 0.717) is 12.0 Å². The summed E-state index contributed by atoms with van der Waals surface area (Å²) in [5.41, 5.74) is 0.325. The van der Waals surface area contributed by atoms with Crippen molar-refractivity contribution in [1.82, 2.24) is 10.6 Å². The second kappa shape index (κ2) is 8.21. The minimum atomic E-state index is -0.790. The molecule has 0 aliphatic carbocycles. The summed E-state index contributed by atoms with van der Waals surface area (Å²) in [6, 6.07) is -0.0248. The first-order chi connectivity index (χ1) is 10.3. The van der Waals surface area contributed by atoms with Crippen LogP contribution in [0.25, 0.3) is 0 Å². The van der Waals surface area contributed by atoms with Crippen molar-refractivity contribution in [3.8, 4) is 0 Å². The summed E-state index contributed by atoms with van der Waals surface area (Å²) in [7, 11) is 1.27. The molecule has 1 aromatic rings. The molecule has 2 N–H and O–H groups in total. The lowest BCUT2D eigenvalue weighted by atomic mass is 10.0. The molecule has 0 fully saturated rings. The molecule has 1 rings (SSSR count). The lowest BCUT2D eigenvalue weighted by Crippen LogP contribution is -2.50. The number of hydrogen-bond acceptors (Lipinski definition) is 5. The third kappa shape index (κ3) is 5.23. The van der Waals surface area contributed by atoms with Crippen LogP contribution in [0, 0.1) is 5.92 Å². The fourth-order valence-corrected chi connectivity index (χ4v) is 1.86. The van der Waals surface area contributed by atoms with Crippen LogP contribution in [-0.4, -0.2) is 37.0 Å². The normalized spacial score (nSPS) is 13.3. The Morgan fingerprint density at radius 2 is 1.91 bits per heavy atom. The molecule has 1 aromatic heterocycles. The number of carbonyl (C=O) groups is 3. The topological polar surface area (TPSA) is 97.6 Å². The van der Waals surface area contributed by atoms with E-state index < -0.39 is 29.9 Å². The molecular weight excluding hydrogens is 288 g/mol. The first-order valence-corrected chi connectivity index (χ1v) is 7.06. The summed E-state index contributed by atoms with van der Waals surface area (Å²) < 4.78 is 9.49. The van der Waals surface area contributed by atoms with Crippen molar-refractivity contribution in [3.05, 3.63) is 24.2 Å². The molecule has 0 saturated heterocycles. The van der Waals surface area contributed by atoms with Gasteiger partial charge in [0, 0.05) is 0 Å². The lowest BCUT2D eigenvalue weighted by Gasteiger charge is -2.21. The predicted octanol–water partition coefficient (Wildman–Crippen LogP) is 1.10. The van der Waals surface area contributed by atoms with Crippen LogP contribution in [0.1, 0.15) is 37.6 Å². The Kier molecular flexibility index (Phi) is 6.62. The van der Waals surface area contributed by atoms with Gasteiger partial charge in [0.1, 0.15) is 18.3 Å². The SMILES string of the molecule is COC(=O)[C@@H](CC(C)C)NC(=O)[C@@H](C)NC(=O)c1ccoc1. The summed E-state index contributed by atoms with van der Waals surface area (Å²) in [5.74, 6) is -1.17. The molecule has 0 aromatic carbocycles. The summed E-state index contributed by atoms with van der Waals surface area (Å²) in [6.45, 7) is 5.41. The monoisotopic (exact) mass is 310 g/mol. The van der Waals surface area contributed by atoms with Gasteiger partial charge < -0.3 is 19.8 Å². The molecule has 1 heterocycles. The van der Waals surface area contributed by atoms with E-state index in [1.165, 1.54) is 32.6 Å². The molecule has 7 nitrogen and oxygen atoms in total. The van der Waals surface area contributed by atoms with Gasteiger partial charge in [-0.3, -0.25) is 9.59 Å². The Morgan fingerprint density at radius 1 is 1.23 bits per heavy atom. The zero-order valence-corrected chi connectivity index (χ0v) is 13.2. The highest BCUT2D eigenvalue weighted by atomic mass is 16.5. The van der Waals surface area contributed by atoms with Crippen molar-refractivity contribution >= 4 is 17.8 Å². The maximum Gasteiger partial charge on any atom is 0.328 e. The molecular formula is C15H22N2O5. The third-order valence-electron chi connectivity index (χ3n) is 3.03. The maximum atomic E-state index is 12.1. The standard InChI is InChI=1S/C15H22N2O5/c1-9(2)7-12(15(20)21-4)17-13(18)10(3)16-14(19)11-5-6-22-8-11/h5-6,8-10,12H,7H2,1-4H3,(H,16,19)(H,17,18)/t10-,12-/m1/s1. The smallest absolute Gasteiger partial charge is 0.328 e. The highest BCUT2D eigenvalue weighted by molar-refractivity contribution is 5.97. The number of furan rings is 1. The fourth-order valence-electron chi connectivity index (χ4n) is 1.86. The quantitative estimate of drug-likeness (QED) is 0.735. The summed E-state index contributed by atoms with van der Waals surface area (Å²) in [5, 5.41) is 5.13. The third-order valence-corrected chi connectivity index (χ3v) is 3.03. The Morgan fingerprint density at radius 3 is 2.41 bits per heavy atom. The summed E-state index contributed by atoms with van der Waals surface area (Å²) in [6.07, 6.45) is 3.12. The molecule has 0 aliphatic rings. The van der Waals surface area contributed by atoms with Crippen molar-refractivity contribution < 1.29 is 23.5 Å². The van der Waals surface area contributed by atoms with Crippen LogP contribution in [0.2, 0.25) is 0 Å². The van der Waals surface area contributed by atoms with E-state index in [-0.39, 0.29) is 5.92 Å². The number of amides is 2. The molecule has 0 bridgehead atoms. The molecule has 122 valence electrons. The average Bonchev–Trinajstić information content (AvgIpc) is 2.99. The van der Waals surface area contributed by atoms with E-state index in [1.54, 1.807) is 0 Å². The zero-order valence-electron chi connectivity index (χ0n) is 13.2. The molecule has 22 heavy (non-hydrogen) atoms. The van der Waals surface area contributed by atoms with Crippen LogP contribution in [0.5, 0.6) is 0 Å². The largest absolute Gasteiger partial charge is 0.472 e. The van der Waals surface area contributed by atoms with Crippen molar-refractivity contribution in [3.63, 3.8) is 0 Å². The molecule has 2 amide bonds. The van der Waals surface area contributed by atoms with E-state index in [0.717, 1.165) is 0 Å². The minimum absolute atomic E-state index is 0.209. The highest BCUT2D eigenvalue weighted by Gasteiger charge is 2.25. The molecule has 7 heteroatoms. The lowest BCUT2D eigenvalue weighted by molar-refractivity contribution is -0.145. The number of nitrogens with one attached hydrogen (secondary N) is 2. The molecule has 0 saturated carbocycles. The Balaban J connectivity index is 2.60. The molecule has 0 spiro atoms. The predicted molar refractivity (Wildman–Crippen MR) is 79.0 cm³/mol. The van der Waals surface area contributed by atoms with Gasteiger partial charge in [-0.1, -0.05) is 13.8 Å². The van der Waals surface area contributed by atoms with Gasteiger partial charge in [-0.15, -0.1) is 0 Å². The highest BCUT2D eigenvalue weighted by Crippen LogP contribution is 2.07. The molecule has 0 aliphatic heterocycles. The van der Waals surface area contributed by atoms with E-state index in [1.807, 2.05) is 13.8 Å². The van der Waals surface area contributed by atoms with Crippen LogP contribution < -0.4 is 10.6 Å². The number of rotatable bonds is 7. The van der Waals surface area contributed by atoms with Crippen molar-refractivity contribution in [1.29, 1.82) is 0 Å². The van der Waals surface area contributed by atoms with Crippen LogP contribution in [0.15, 0.2) is 23.0 Å². The van der Waals surface area contributed by atoms with Crippen LogP contribution in [-0.2, 0) is 14.3 Å². The van der Waals surface area contributed by atoms with Gasteiger partial charge in [0.05, 0.1) is 18.9 Å². The van der Waals surface area contributed by atoms with Gasteiger partial charge in [-0.25, -0.2) is 4.79 Å². The number of ether oxygens (including phenoxy) is 1. The van der Waals surface area contributed by atoms with Gasteiger partial charge in [-0.2, -0.15) is 0 Å². The van der Waals surface area contributed by atoms with Gasteiger partial charge in [0.15, 0.2) is 0 Å². The Bertz CT molecular complexity index is 510. The Hall–Kier alpha value is -2.31. The minimum Gasteiger partial charge on any atom is -0.472 e. The van der Waals surface area contributed by atoms with Gasteiger partial charge in [-0.05, 0) is 25.3 Å². The Labute approximate surface area is 129 Å². The van der Waals surface area contributed by atoms with E-state index in [9.17, 15) is 14.4 Å². The van der Waals surface area contributed by atoms with Crippen molar-refractivity contribution in [2.45, 2.75) is 39.3 Å². The van der Waals surface area contributed by atoms with Gasteiger partial charge in [0.2, 0.25) is 5.91 Å². The fraction of sp³-hybridized carbons (Fsp3) is 0.533. The first kappa shape index (κ1) is 17.7. The van der Waals surface area contributed by atoms with E-state index in [2.05, 4.69) is 15.4 Å². The second-order valence-corrected chi connectivity index (χ2v) is 5.42. The number of esters is 1. The van der Waals surface area contributed by atoms with Crippen molar-refractivity contribution in [2.75, 3.05) is 7.11 Å². The number of carbonyl (C=O) groups excluding carboxylic acids is 3. The zero-order chi connectivity index (χ0) is 16.7. The van der Waals surface area contributed by atoms with E-state index >= 15 is 0 Å². The van der Waals surface area contributed by atoms with Crippen LogP contribution in [0.3, 0.4) is 0 Å². The summed E-state index contributed by atoms with van der Waals surface area (Å²) >= 11 is 0. The first-order valence-electron chi connectivity index (χ1n) is 7.06. The second-order valence-electron chi connectivity index (χ2n) is 5.42. The van der Waals surface area contributed by atoms with Gasteiger partial charge in [0.25, 0.3) is 5.91 Å².